The fourth-order valence-electron chi connectivity index (χ4n) is 2.51. The van der Waals surface area contributed by atoms with Crippen LogP contribution in [-0.2, 0) is 0 Å². The van der Waals surface area contributed by atoms with E-state index in [1.165, 1.54) is 0 Å². The number of amides is 2. The Morgan fingerprint density at radius 3 is 2.91 bits per heavy atom. The van der Waals surface area contributed by atoms with Gasteiger partial charge in [-0.1, -0.05) is 35.5 Å². The molecule has 0 unspecified atom stereocenters. The summed E-state index contributed by atoms with van der Waals surface area (Å²) in [5.41, 5.74) is 0.857. The van der Waals surface area contributed by atoms with E-state index in [0.717, 1.165) is 24.8 Å². The number of nitrogens with zero attached hydrogens (tertiary/aromatic N) is 2. The van der Waals surface area contributed by atoms with Crippen LogP contribution in [0.3, 0.4) is 0 Å². The lowest BCUT2D eigenvalue weighted by Crippen LogP contribution is -2.42. The molecule has 0 aliphatic heterocycles. The third-order valence-electron chi connectivity index (χ3n) is 3.77. The highest BCUT2D eigenvalue weighted by molar-refractivity contribution is 5.74. The average molecular weight is 312 g/mol. The van der Waals surface area contributed by atoms with Crippen molar-refractivity contribution in [1.82, 2.24) is 20.8 Å². The number of benzene rings is 1. The highest BCUT2D eigenvalue weighted by atomic mass is 16.5. The van der Waals surface area contributed by atoms with Crippen molar-refractivity contribution in [2.45, 2.75) is 38.3 Å². The molecule has 120 valence electrons. The molecular weight excluding hydrogens is 292 g/mol. The van der Waals surface area contributed by atoms with Gasteiger partial charge in [-0.05, 0) is 38.3 Å². The number of rotatable bonds is 4. The molecule has 23 heavy (non-hydrogen) atoms. The van der Waals surface area contributed by atoms with Crippen molar-refractivity contribution in [2.75, 3.05) is 0 Å². The Kier molecular flexibility index (Phi) is 4.71. The smallest absolute Gasteiger partial charge is 0.315 e. The predicted molar refractivity (Wildman–Crippen MR) is 86.6 cm³/mol. The molecule has 6 nitrogen and oxygen atoms in total. The molecule has 0 saturated carbocycles. The van der Waals surface area contributed by atoms with Crippen LogP contribution in [0.5, 0.6) is 0 Å². The Balaban J connectivity index is 1.59. The third-order valence-corrected chi connectivity index (χ3v) is 3.77. The summed E-state index contributed by atoms with van der Waals surface area (Å²) in [6.07, 6.45) is 7.29. The number of hydrogen-bond acceptors (Lipinski definition) is 4. The first-order chi connectivity index (χ1) is 11.2. The summed E-state index contributed by atoms with van der Waals surface area (Å²) in [6.45, 7) is 1.83. The standard InChI is InChI=1S/C17H20N4O2/c1-12(18-17(22)19-14-10-6-3-7-11-14)15-20-16(23-21-15)13-8-4-2-5-9-13/h2,4-6,8-10,12,14H,3,7,11H2,1H3,(H2,18,19,22)/t12-,14+/m0/s1. The molecule has 0 spiro atoms. The highest BCUT2D eigenvalue weighted by Gasteiger charge is 2.18. The lowest BCUT2D eigenvalue weighted by Gasteiger charge is -2.19. The molecule has 0 radical (unpaired) electrons. The van der Waals surface area contributed by atoms with Crippen molar-refractivity contribution >= 4 is 6.03 Å². The second-order valence-corrected chi connectivity index (χ2v) is 5.63. The highest BCUT2D eigenvalue weighted by Crippen LogP contribution is 2.18. The Labute approximate surface area is 135 Å². The van der Waals surface area contributed by atoms with Gasteiger partial charge in [-0.25, -0.2) is 4.79 Å². The molecule has 0 fully saturated rings. The van der Waals surface area contributed by atoms with Gasteiger partial charge in [0.05, 0.1) is 6.04 Å². The average Bonchev–Trinajstić information content (AvgIpc) is 3.06. The van der Waals surface area contributed by atoms with Crippen LogP contribution >= 0.6 is 0 Å². The zero-order valence-electron chi connectivity index (χ0n) is 13.0. The van der Waals surface area contributed by atoms with E-state index in [1.807, 2.05) is 43.3 Å². The number of allylic oxidation sites excluding steroid dienone is 1. The van der Waals surface area contributed by atoms with Crippen molar-refractivity contribution in [1.29, 1.82) is 0 Å². The van der Waals surface area contributed by atoms with Gasteiger partial charge >= 0.3 is 6.03 Å². The molecule has 1 heterocycles. The Morgan fingerprint density at radius 1 is 1.35 bits per heavy atom. The predicted octanol–water partition coefficient (Wildman–Crippen LogP) is 3.21. The number of hydrogen-bond donors (Lipinski definition) is 2. The number of urea groups is 1. The number of aromatic nitrogens is 2. The third kappa shape index (κ3) is 3.97. The largest absolute Gasteiger partial charge is 0.334 e. The second kappa shape index (κ2) is 7.09. The normalized spacial score (nSPS) is 18.4. The molecule has 1 aliphatic rings. The van der Waals surface area contributed by atoms with Gasteiger partial charge in [-0.15, -0.1) is 0 Å². The Bertz CT molecular complexity index is 681. The number of carbonyl (C=O) groups excluding carboxylic acids is 1. The molecule has 2 N–H and O–H groups in total. The van der Waals surface area contributed by atoms with E-state index in [2.05, 4.69) is 26.9 Å². The first-order valence-electron chi connectivity index (χ1n) is 7.85. The van der Waals surface area contributed by atoms with Crippen LogP contribution in [0, 0.1) is 0 Å². The topological polar surface area (TPSA) is 80.0 Å². The first-order valence-corrected chi connectivity index (χ1v) is 7.85. The van der Waals surface area contributed by atoms with Crippen LogP contribution in [0.25, 0.3) is 11.5 Å². The van der Waals surface area contributed by atoms with Crippen LogP contribution < -0.4 is 10.6 Å². The summed E-state index contributed by atoms with van der Waals surface area (Å²) in [5, 5.41) is 9.72. The van der Waals surface area contributed by atoms with Crippen LogP contribution in [-0.4, -0.2) is 22.2 Å². The summed E-state index contributed by atoms with van der Waals surface area (Å²) in [4.78, 5) is 16.4. The molecule has 0 saturated heterocycles. The van der Waals surface area contributed by atoms with E-state index in [-0.39, 0.29) is 18.1 Å². The number of carbonyl (C=O) groups is 1. The van der Waals surface area contributed by atoms with Gasteiger partial charge in [0, 0.05) is 11.6 Å². The molecule has 1 aromatic carbocycles. The zero-order chi connectivity index (χ0) is 16.1. The van der Waals surface area contributed by atoms with E-state index >= 15 is 0 Å². The van der Waals surface area contributed by atoms with E-state index in [9.17, 15) is 4.79 Å². The van der Waals surface area contributed by atoms with E-state index in [0.29, 0.717) is 11.7 Å². The second-order valence-electron chi connectivity index (χ2n) is 5.63. The van der Waals surface area contributed by atoms with Crippen LogP contribution in [0.15, 0.2) is 47.0 Å². The minimum absolute atomic E-state index is 0.0982. The molecular formula is C17H20N4O2. The summed E-state index contributed by atoms with van der Waals surface area (Å²) in [7, 11) is 0. The van der Waals surface area contributed by atoms with Gasteiger partial charge in [0.2, 0.25) is 0 Å². The zero-order valence-corrected chi connectivity index (χ0v) is 13.0. The van der Waals surface area contributed by atoms with Gasteiger partial charge in [0.1, 0.15) is 0 Å². The molecule has 2 amide bonds. The van der Waals surface area contributed by atoms with Crippen molar-refractivity contribution < 1.29 is 9.32 Å². The van der Waals surface area contributed by atoms with Crippen LogP contribution in [0.4, 0.5) is 4.79 Å². The van der Waals surface area contributed by atoms with Crippen molar-refractivity contribution in [3.8, 4) is 11.5 Å². The lowest BCUT2D eigenvalue weighted by atomic mass is 10.0. The molecule has 6 heteroatoms. The van der Waals surface area contributed by atoms with Gasteiger partial charge < -0.3 is 15.2 Å². The molecule has 3 rings (SSSR count). The molecule has 2 aromatic rings. The Hall–Kier alpha value is -2.63. The maximum absolute atomic E-state index is 12.0. The van der Waals surface area contributed by atoms with Crippen molar-refractivity contribution in [3.05, 3.63) is 48.3 Å². The van der Waals surface area contributed by atoms with E-state index in [4.69, 9.17) is 4.52 Å². The quantitative estimate of drug-likeness (QED) is 0.850. The molecule has 0 bridgehead atoms. The van der Waals surface area contributed by atoms with Crippen LogP contribution in [0.1, 0.15) is 38.1 Å². The molecule has 1 aromatic heterocycles. The van der Waals surface area contributed by atoms with E-state index in [1.54, 1.807) is 0 Å². The minimum Gasteiger partial charge on any atom is -0.334 e. The van der Waals surface area contributed by atoms with Crippen LogP contribution in [0.2, 0.25) is 0 Å². The maximum Gasteiger partial charge on any atom is 0.315 e. The van der Waals surface area contributed by atoms with Crippen molar-refractivity contribution in [2.24, 2.45) is 0 Å². The Morgan fingerprint density at radius 2 is 2.17 bits per heavy atom. The van der Waals surface area contributed by atoms with Gasteiger partial charge in [0.25, 0.3) is 5.89 Å². The van der Waals surface area contributed by atoms with Gasteiger partial charge in [0.15, 0.2) is 5.82 Å². The van der Waals surface area contributed by atoms with Crippen molar-refractivity contribution in [3.63, 3.8) is 0 Å². The fraction of sp³-hybridized carbons (Fsp3) is 0.353. The monoisotopic (exact) mass is 312 g/mol. The van der Waals surface area contributed by atoms with E-state index < -0.39 is 0 Å². The lowest BCUT2D eigenvalue weighted by molar-refractivity contribution is 0.234. The van der Waals surface area contributed by atoms with Gasteiger partial charge in [-0.2, -0.15) is 4.98 Å². The molecule has 1 aliphatic carbocycles. The summed E-state index contributed by atoms with van der Waals surface area (Å²) in [5.74, 6) is 0.906. The maximum atomic E-state index is 12.0. The summed E-state index contributed by atoms with van der Waals surface area (Å²) in [6, 6.07) is 9.09. The van der Waals surface area contributed by atoms with Gasteiger partial charge in [-0.3, -0.25) is 0 Å². The number of nitrogens with one attached hydrogen (secondary N) is 2. The summed E-state index contributed by atoms with van der Waals surface area (Å²) < 4.78 is 5.26. The minimum atomic E-state index is -0.330. The first kappa shape index (κ1) is 15.3. The summed E-state index contributed by atoms with van der Waals surface area (Å²) >= 11 is 0. The molecule has 2 atom stereocenters. The fourth-order valence-corrected chi connectivity index (χ4v) is 2.51. The SMILES string of the molecule is C[C@H](NC(=O)N[C@@H]1C=CCCC1)c1noc(-c2ccccc2)n1.